The molecule has 102 valence electrons. The van der Waals surface area contributed by atoms with Gasteiger partial charge < -0.3 is 5.11 Å². The van der Waals surface area contributed by atoms with Crippen LogP contribution in [0.3, 0.4) is 0 Å². The van der Waals surface area contributed by atoms with Gasteiger partial charge in [-0.1, -0.05) is 13.8 Å². The van der Waals surface area contributed by atoms with Gasteiger partial charge in [0, 0.05) is 18.8 Å². The summed E-state index contributed by atoms with van der Waals surface area (Å²) in [6.07, 6.45) is 3.69. The van der Waals surface area contributed by atoms with Crippen LogP contribution in [0, 0.1) is 5.41 Å². The van der Waals surface area contributed by atoms with Crippen molar-refractivity contribution >= 4 is 9.84 Å². The number of aliphatic hydroxyl groups is 1. The first kappa shape index (κ1) is 14.9. The molecule has 0 bridgehead atoms. The van der Waals surface area contributed by atoms with E-state index in [1.807, 2.05) is 11.9 Å². The third kappa shape index (κ3) is 4.94. The predicted molar refractivity (Wildman–Crippen MR) is 69.8 cm³/mol. The molecule has 1 aliphatic carbocycles. The largest absolute Gasteiger partial charge is 0.391 e. The van der Waals surface area contributed by atoms with Crippen LogP contribution >= 0.6 is 0 Å². The van der Waals surface area contributed by atoms with E-state index in [1.54, 1.807) is 0 Å². The molecule has 0 aromatic heterocycles. The third-order valence-corrected chi connectivity index (χ3v) is 4.63. The van der Waals surface area contributed by atoms with Gasteiger partial charge in [0.1, 0.15) is 9.84 Å². The molecule has 0 aliphatic heterocycles. The molecule has 0 radical (unpaired) electrons. The highest BCUT2D eigenvalue weighted by Gasteiger charge is 2.35. The van der Waals surface area contributed by atoms with Crippen molar-refractivity contribution in [2.75, 3.05) is 25.6 Å². The van der Waals surface area contributed by atoms with E-state index >= 15 is 0 Å². The smallest absolute Gasteiger partial charge is 0.148 e. The van der Waals surface area contributed by atoms with E-state index in [0.717, 1.165) is 19.3 Å². The second kappa shape index (κ2) is 5.24. The molecule has 0 saturated heterocycles. The highest BCUT2D eigenvalue weighted by atomic mass is 32.2. The van der Waals surface area contributed by atoms with Crippen LogP contribution in [0.4, 0.5) is 0 Å². The molecule has 0 amide bonds. The first-order valence-corrected chi connectivity index (χ1v) is 8.23. The fraction of sp³-hybridized carbons (Fsp3) is 1.00. The van der Waals surface area contributed by atoms with Crippen molar-refractivity contribution in [2.45, 2.75) is 45.3 Å². The highest BCUT2D eigenvalue weighted by molar-refractivity contribution is 7.90. The Hall–Kier alpha value is -0.130. The lowest BCUT2D eigenvalue weighted by Crippen LogP contribution is -2.48. The Bertz CT molecular complexity index is 351. The van der Waals surface area contributed by atoms with Crippen LogP contribution in [-0.4, -0.2) is 56.2 Å². The average Bonchev–Trinajstić information content (AvgIpc) is 2.17. The first-order valence-electron chi connectivity index (χ1n) is 6.17. The zero-order chi connectivity index (χ0) is 13.3. The zero-order valence-corrected chi connectivity index (χ0v) is 12.1. The zero-order valence-electron chi connectivity index (χ0n) is 11.3. The molecular formula is C12H25NO3S. The Morgan fingerprint density at radius 3 is 2.53 bits per heavy atom. The first-order chi connectivity index (χ1) is 7.61. The van der Waals surface area contributed by atoms with Crippen molar-refractivity contribution in [1.82, 2.24) is 4.90 Å². The second-order valence-corrected chi connectivity index (χ2v) is 8.41. The summed E-state index contributed by atoms with van der Waals surface area (Å²) in [6.45, 7) is 4.91. The maximum absolute atomic E-state index is 11.1. The highest BCUT2D eigenvalue weighted by Crippen LogP contribution is 2.37. The van der Waals surface area contributed by atoms with Crippen molar-refractivity contribution in [3.05, 3.63) is 0 Å². The lowest BCUT2D eigenvalue weighted by Gasteiger charge is -2.42. The van der Waals surface area contributed by atoms with Gasteiger partial charge in [-0.3, -0.25) is 4.90 Å². The van der Waals surface area contributed by atoms with E-state index in [1.165, 1.54) is 6.26 Å². The Morgan fingerprint density at radius 1 is 1.41 bits per heavy atom. The molecule has 1 aliphatic rings. The molecule has 1 fully saturated rings. The summed E-state index contributed by atoms with van der Waals surface area (Å²) in [6, 6.07) is 0.0838. The molecule has 2 unspecified atom stereocenters. The molecular weight excluding hydrogens is 238 g/mol. The lowest BCUT2D eigenvalue weighted by atomic mass is 9.73. The monoisotopic (exact) mass is 263 g/mol. The molecule has 0 spiro atoms. The van der Waals surface area contributed by atoms with Crippen LogP contribution in [-0.2, 0) is 9.84 Å². The van der Waals surface area contributed by atoms with Crippen LogP contribution in [0.1, 0.15) is 33.1 Å². The van der Waals surface area contributed by atoms with Gasteiger partial charge in [0.15, 0.2) is 0 Å². The molecule has 1 saturated carbocycles. The summed E-state index contributed by atoms with van der Waals surface area (Å²) in [7, 11) is -1.02. The SMILES string of the molecule is CN(CCS(C)(=O)=O)C1CC(C)(C)CCC1O. The topological polar surface area (TPSA) is 57.6 Å². The summed E-state index contributed by atoms with van der Waals surface area (Å²) in [5, 5.41) is 10.0. The van der Waals surface area contributed by atoms with Gasteiger partial charge in [-0.2, -0.15) is 0 Å². The fourth-order valence-corrected chi connectivity index (χ4v) is 3.08. The molecule has 0 aromatic rings. The standard InChI is InChI=1S/C12H25NO3S/c1-12(2)6-5-11(14)10(9-12)13(3)7-8-17(4,15)16/h10-11,14H,5-9H2,1-4H3. The van der Waals surface area contributed by atoms with Crippen LogP contribution in [0.25, 0.3) is 0 Å². The Morgan fingerprint density at radius 2 is 2.00 bits per heavy atom. The van der Waals surface area contributed by atoms with Gasteiger partial charge in [0.2, 0.25) is 0 Å². The average molecular weight is 263 g/mol. The van der Waals surface area contributed by atoms with E-state index in [0.29, 0.717) is 6.54 Å². The number of rotatable bonds is 4. The van der Waals surface area contributed by atoms with Gasteiger partial charge in [-0.15, -0.1) is 0 Å². The second-order valence-electron chi connectivity index (χ2n) is 6.15. The predicted octanol–water partition coefficient (Wildman–Crippen LogP) is 0.902. The van der Waals surface area contributed by atoms with Gasteiger partial charge in [-0.05, 0) is 31.7 Å². The maximum Gasteiger partial charge on any atom is 0.148 e. The van der Waals surface area contributed by atoms with Crippen LogP contribution in [0.15, 0.2) is 0 Å². The van der Waals surface area contributed by atoms with Crippen molar-refractivity contribution in [2.24, 2.45) is 5.41 Å². The Labute approximate surface area is 105 Å². The summed E-state index contributed by atoms with van der Waals surface area (Å²) in [4.78, 5) is 1.99. The van der Waals surface area contributed by atoms with E-state index in [2.05, 4.69) is 13.8 Å². The van der Waals surface area contributed by atoms with E-state index in [-0.39, 0.29) is 23.3 Å². The van der Waals surface area contributed by atoms with Gasteiger partial charge >= 0.3 is 0 Å². The maximum atomic E-state index is 11.1. The quantitative estimate of drug-likeness (QED) is 0.819. The summed E-state index contributed by atoms with van der Waals surface area (Å²) in [5.41, 5.74) is 0.239. The van der Waals surface area contributed by atoms with Gasteiger partial charge in [0.05, 0.1) is 11.9 Å². The van der Waals surface area contributed by atoms with Crippen molar-refractivity contribution in [3.8, 4) is 0 Å². The third-order valence-electron chi connectivity index (χ3n) is 3.70. The van der Waals surface area contributed by atoms with Gasteiger partial charge in [-0.25, -0.2) is 8.42 Å². The lowest BCUT2D eigenvalue weighted by molar-refractivity contribution is -0.00513. The molecule has 5 heteroatoms. The normalized spacial score (nSPS) is 29.5. The fourth-order valence-electron chi connectivity index (χ4n) is 2.46. The van der Waals surface area contributed by atoms with Gasteiger partial charge in [0.25, 0.3) is 0 Å². The molecule has 0 aromatic carbocycles. The van der Waals surface area contributed by atoms with Crippen LogP contribution in [0.2, 0.25) is 0 Å². The van der Waals surface area contributed by atoms with Crippen molar-refractivity contribution < 1.29 is 13.5 Å². The van der Waals surface area contributed by atoms with E-state index in [4.69, 9.17) is 0 Å². The van der Waals surface area contributed by atoms with E-state index < -0.39 is 9.84 Å². The molecule has 2 atom stereocenters. The summed E-state index contributed by atoms with van der Waals surface area (Å²) in [5.74, 6) is 0.160. The van der Waals surface area contributed by atoms with Crippen LogP contribution < -0.4 is 0 Å². The minimum atomic E-state index is -2.93. The van der Waals surface area contributed by atoms with E-state index in [9.17, 15) is 13.5 Å². The number of likely N-dealkylation sites (N-methyl/N-ethyl adjacent to an activating group) is 1. The number of aliphatic hydroxyl groups excluding tert-OH is 1. The minimum absolute atomic E-state index is 0.0838. The summed E-state index contributed by atoms with van der Waals surface area (Å²) >= 11 is 0. The van der Waals surface area contributed by atoms with Crippen molar-refractivity contribution in [1.29, 1.82) is 0 Å². The number of sulfone groups is 1. The molecule has 4 nitrogen and oxygen atoms in total. The Kier molecular flexibility index (Phi) is 4.60. The molecule has 0 heterocycles. The van der Waals surface area contributed by atoms with Crippen molar-refractivity contribution in [3.63, 3.8) is 0 Å². The van der Waals surface area contributed by atoms with Crippen LogP contribution in [0.5, 0.6) is 0 Å². The molecule has 1 rings (SSSR count). The number of hydrogen-bond donors (Lipinski definition) is 1. The molecule has 17 heavy (non-hydrogen) atoms. The number of nitrogens with zero attached hydrogens (tertiary/aromatic N) is 1. The molecule has 1 N–H and O–H groups in total. The summed E-state index contributed by atoms with van der Waals surface area (Å²) < 4.78 is 22.3. The number of hydrogen-bond acceptors (Lipinski definition) is 4. The minimum Gasteiger partial charge on any atom is -0.391 e. The Balaban J connectivity index is 2.57.